The van der Waals surface area contributed by atoms with Gasteiger partial charge in [0, 0.05) is 20.1 Å². The van der Waals surface area contributed by atoms with Gasteiger partial charge in [0.25, 0.3) is 0 Å². The summed E-state index contributed by atoms with van der Waals surface area (Å²) in [6.45, 7) is 4.03. The minimum absolute atomic E-state index is 0.728. The van der Waals surface area contributed by atoms with Crippen molar-refractivity contribution in [2.75, 3.05) is 40.4 Å². The zero-order valence-electron chi connectivity index (χ0n) is 10.3. The molecule has 0 aromatic carbocycles. The maximum Gasteiger partial charge on any atom is 0.146 e. The summed E-state index contributed by atoms with van der Waals surface area (Å²) in [4.78, 5) is 2.10. The van der Waals surface area contributed by atoms with Gasteiger partial charge in [0.15, 0.2) is 0 Å². The van der Waals surface area contributed by atoms with Crippen molar-refractivity contribution >= 4 is 0 Å². The summed E-state index contributed by atoms with van der Waals surface area (Å²) in [5, 5.41) is 11.0. The Labute approximate surface area is 96.6 Å². The van der Waals surface area contributed by atoms with Crippen LogP contribution >= 0.6 is 0 Å². The van der Waals surface area contributed by atoms with E-state index in [1.807, 2.05) is 25.7 Å². The summed E-state index contributed by atoms with van der Waals surface area (Å²) in [6.07, 6.45) is 1.70. The third-order valence-corrected chi connectivity index (χ3v) is 2.19. The monoisotopic (exact) mass is 227 g/mol. The van der Waals surface area contributed by atoms with Crippen molar-refractivity contribution in [3.8, 4) is 0 Å². The van der Waals surface area contributed by atoms with E-state index < -0.39 is 0 Å². The minimum atomic E-state index is 0.728. The van der Waals surface area contributed by atoms with E-state index >= 15 is 0 Å². The first-order valence-electron chi connectivity index (χ1n) is 5.46. The molecule has 0 aliphatic carbocycles. The maximum absolute atomic E-state index is 5.45. The minimum Gasteiger partial charge on any atom is -0.379 e. The number of aromatic nitrogens is 3. The van der Waals surface area contributed by atoms with Crippen LogP contribution in [-0.2, 0) is 18.3 Å². The smallest absolute Gasteiger partial charge is 0.146 e. The Balaban J connectivity index is 1.94. The fraction of sp³-hybridized carbons (Fsp3) is 0.800. The molecule has 0 atom stereocenters. The second-order valence-corrected chi connectivity index (χ2v) is 3.95. The second-order valence-electron chi connectivity index (χ2n) is 3.95. The van der Waals surface area contributed by atoms with E-state index in [0.29, 0.717) is 0 Å². The number of likely N-dealkylation sites (N-methyl/N-ethyl adjacent to an activating group) is 1. The Bertz CT molecular complexity index is 286. The van der Waals surface area contributed by atoms with E-state index in [-0.39, 0.29) is 0 Å². The molecule has 0 aliphatic rings. The average Bonchev–Trinajstić information content (AvgIpc) is 2.62. The molecule has 6 nitrogen and oxygen atoms in total. The molecule has 0 aliphatic heterocycles. The summed E-state index contributed by atoms with van der Waals surface area (Å²) in [5.41, 5.74) is 0. The summed E-state index contributed by atoms with van der Waals surface area (Å²) >= 11 is 0. The molecule has 0 unspecified atom stereocenters. The van der Waals surface area contributed by atoms with E-state index in [1.54, 1.807) is 6.33 Å². The molecule has 0 radical (unpaired) electrons. The van der Waals surface area contributed by atoms with Crippen molar-refractivity contribution < 1.29 is 4.74 Å². The molecular weight excluding hydrogens is 206 g/mol. The molecule has 0 bridgehead atoms. The first kappa shape index (κ1) is 13.1. The highest BCUT2D eigenvalue weighted by Gasteiger charge is 1.98. The summed E-state index contributed by atoms with van der Waals surface area (Å²) in [5.74, 6) is 0.938. The number of nitrogens with one attached hydrogen (secondary N) is 1. The van der Waals surface area contributed by atoms with Crippen LogP contribution in [0.25, 0.3) is 0 Å². The van der Waals surface area contributed by atoms with Gasteiger partial charge in [-0.15, -0.1) is 10.2 Å². The lowest BCUT2D eigenvalue weighted by Crippen LogP contribution is -2.23. The number of aryl methyl sites for hydroxylation is 1. The predicted octanol–water partition coefficient (Wildman–Crippen LogP) is -0.517. The van der Waals surface area contributed by atoms with Crippen LogP contribution in [0.3, 0.4) is 0 Å². The number of hydrogen-bond acceptors (Lipinski definition) is 5. The van der Waals surface area contributed by atoms with Gasteiger partial charge in [-0.1, -0.05) is 0 Å². The SMILES string of the molecule is CN(C)CCOCCNCc1nncn1C. The first-order chi connectivity index (χ1) is 7.70. The molecule has 0 saturated carbocycles. The number of rotatable bonds is 8. The lowest BCUT2D eigenvalue weighted by Gasteiger charge is -2.10. The third kappa shape index (κ3) is 5.20. The fourth-order valence-electron chi connectivity index (χ4n) is 1.16. The topological polar surface area (TPSA) is 55.2 Å². The molecule has 92 valence electrons. The molecule has 0 amide bonds. The Hall–Kier alpha value is -0.980. The van der Waals surface area contributed by atoms with E-state index in [1.165, 1.54) is 0 Å². The lowest BCUT2D eigenvalue weighted by molar-refractivity contribution is 0.119. The Kier molecular flexibility index (Phi) is 5.99. The van der Waals surface area contributed by atoms with Crippen molar-refractivity contribution in [1.82, 2.24) is 25.0 Å². The van der Waals surface area contributed by atoms with Gasteiger partial charge in [-0.25, -0.2) is 0 Å². The van der Waals surface area contributed by atoms with Gasteiger partial charge in [0.2, 0.25) is 0 Å². The second kappa shape index (κ2) is 7.32. The summed E-state index contributed by atoms with van der Waals surface area (Å²) in [6, 6.07) is 0. The molecule has 1 aromatic heterocycles. The molecule has 1 aromatic rings. The van der Waals surface area contributed by atoms with Crippen LogP contribution in [0, 0.1) is 0 Å². The van der Waals surface area contributed by atoms with Crippen molar-refractivity contribution in [2.24, 2.45) is 7.05 Å². The predicted molar refractivity (Wildman–Crippen MR) is 62.1 cm³/mol. The summed E-state index contributed by atoms with van der Waals surface area (Å²) in [7, 11) is 6.01. The molecule has 16 heavy (non-hydrogen) atoms. The van der Waals surface area contributed by atoms with Crippen LogP contribution < -0.4 is 5.32 Å². The molecular formula is C10H21N5O. The standard InChI is InChI=1S/C10H21N5O/c1-14(2)5-7-16-6-4-11-8-10-13-12-9-15(10)3/h9,11H,4-8H2,1-3H3. The van der Waals surface area contributed by atoms with Gasteiger partial charge in [-0.2, -0.15) is 0 Å². The summed E-state index contributed by atoms with van der Waals surface area (Å²) < 4.78 is 7.35. The first-order valence-corrected chi connectivity index (χ1v) is 5.46. The van der Waals surface area contributed by atoms with Gasteiger partial charge in [0.1, 0.15) is 12.2 Å². The highest BCUT2D eigenvalue weighted by Crippen LogP contribution is 1.89. The molecule has 0 saturated heterocycles. The Morgan fingerprint density at radius 3 is 2.88 bits per heavy atom. The van der Waals surface area contributed by atoms with Crippen LogP contribution in [0.2, 0.25) is 0 Å². The Morgan fingerprint density at radius 1 is 1.44 bits per heavy atom. The largest absolute Gasteiger partial charge is 0.379 e. The molecule has 1 N–H and O–H groups in total. The third-order valence-electron chi connectivity index (χ3n) is 2.19. The van der Waals surface area contributed by atoms with E-state index in [4.69, 9.17) is 4.74 Å². The number of hydrogen-bond donors (Lipinski definition) is 1. The van der Waals surface area contributed by atoms with Crippen LogP contribution in [-0.4, -0.2) is 60.1 Å². The van der Waals surface area contributed by atoms with Crippen molar-refractivity contribution in [3.05, 3.63) is 12.2 Å². The zero-order valence-corrected chi connectivity index (χ0v) is 10.3. The van der Waals surface area contributed by atoms with Crippen LogP contribution in [0.15, 0.2) is 6.33 Å². The van der Waals surface area contributed by atoms with Crippen molar-refractivity contribution in [3.63, 3.8) is 0 Å². The Morgan fingerprint density at radius 2 is 2.25 bits per heavy atom. The van der Waals surface area contributed by atoms with Crippen molar-refractivity contribution in [1.29, 1.82) is 0 Å². The number of nitrogens with zero attached hydrogens (tertiary/aromatic N) is 4. The van der Waals surface area contributed by atoms with Crippen LogP contribution in [0.4, 0.5) is 0 Å². The van der Waals surface area contributed by atoms with Crippen LogP contribution in [0.5, 0.6) is 0 Å². The van der Waals surface area contributed by atoms with Gasteiger partial charge >= 0.3 is 0 Å². The quantitative estimate of drug-likeness (QED) is 0.606. The molecule has 1 heterocycles. The average molecular weight is 227 g/mol. The lowest BCUT2D eigenvalue weighted by atomic mass is 10.5. The highest BCUT2D eigenvalue weighted by molar-refractivity contribution is 4.82. The van der Waals surface area contributed by atoms with Crippen LogP contribution in [0.1, 0.15) is 5.82 Å². The van der Waals surface area contributed by atoms with Gasteiger partial charge < -0.3 is 19.5 Å². The van der Waals surface area contributed by atoms with E-state index in [0.717, 1.165) is 38.7 Å². The van der Waals surface area contributed by atoms with E-state index in [9.17, 15) is 0 Å². The van der Waals surface area contributed by atoms with Gasteiger partial charge in [-0.05, 0) is 14.1 Å². The maximum atomic E-state index is 5.45. The molecule has 6 heteroatoms. The van der Waals surface area contributed by atoms with E-state index in [2.05, 4.69) is 20.4 Å². The fourth-order valence-corrected chi connectivity index (χ4v) is 1.16. The molecule has 0 fully saturated rings. The highest BCUT2D eigenvalue weighted by atomic mass is 16.5. The zero-order chi connectivity index (χ0) is 11.8. The number of ether oxygens (including phenoxy) is 1. The normalized spacial score (nSPS) is 11.2. The van der Waals surface area contributed by atoms with Crippen molar-refractivity contribution in [2.45, 2.75) is 6.54 Å². The van der Waals surface area contributed by atoms with Gasteiger partial charge in [-0.3, -0.25) is 0 Å². The van der Waals surface area contributed by atoms with Gasteiger partial charge in [0.05, 0.1) is 19.8 Å². The molecule has 0 spiro atoms. The molecule has 1 rings (SSSR count).